The number of hydrogen-bond donors (Lipinski definition) is 1. The molecule has 1 N–H and O–H groups in total. The molecule has 22 heavy (non-hydrogen) atoms. The summed E-state index contributed by atoms with van der Waals surface area (Å²) in [5, 5.41) is 19.5. The van der Waals surface area contributed by atoms with Crippen LogP contribution in [0.3, 0.4) is 0 Å². The van der Waals surface area contributed by atoms with E-state index in [0.29, 0.717) is 18.6 Å². The van der Waals surface area contributed by atoms with Gasteiger partial charge in [-0.05, 0) is 18.1 Å². The number of carboxylic acid groups (broad SMARTS) is 1. The highest BCUT2D eigenvalue weighted by Crippen LogP contribution is 2.49. The van der Waals surface area contributed by atoms with Crippen molar-refractivity contribution in [2.24, 2.45) is 0 Å². The van der Waals surface area contributed by atoms with E-state index < -0.39 is 22.0 Å². The molecule has 1 aromatic carbocycles. The van der Waals surface area contributed by atoms with E-state index in [2.05, 4.69) is 0 Å². The Hall–Kier alpha value is -2.09. The number of rotatable bonds is 6. The second-order valence-electron chi connectivity index (χ2n) is 4.68. The average Bonchev–Trinajstić information content (AvgIpc) is 2.87. The molecule has 1 atom stereocenters. The smallest absolute Gasteiger partial charge is 0.344 e. The van der Waals surface area contributed by atoms with Gasteiger partial charge in [-0.1, -0.05) is 13.0 Å². The minimum atomic E-state index is -1.32. The summed E-state index contributed by atoms with van der Waals surface area (Å²) in [6, 6.07) is 4.40. The van der Waals surface area contributed by atoms with E-state index >= 15 is 0 Å². The number of allylic oxidation sites excluding steroid dienone is 1. The van der Waals surface area contributed by atoms with E-state index in [4.69, 9.17) is 9.84 Å². The first-order chi connectivity index (χ1) is 10.4. The molecular formula is C14H14FNO5S. The lowest BCUT2D eigenvalue weighted by Gasteiger charge is -2.11. The van der Waals surface area contributed by atoms with Gasteiger partial charge in [0.15, 0.2) is 5.75 Å². The monoisotopic (exact) mass is 327 g/mol. The predicted octanol–water partition coefficient (Wildman–Crippen LogP) is 3.83. The number of carboxylic acids is 1. The first kappa shape index (κ1) is 16.3. The first-order valence-corrected chi connectivity index (χ1v) is 7.51. The molecule has 0 aliphatic carbocycles. The first-order valence-electron chi connectivity index (χ1n) is 6.63. The van der Waals surface area contributed by atoms with Gasteiger partial charge in [0.05, 0.1) is 11.5 Å². The number of hydrogen-bond acceptors (Lipinski definition) is 5. The predicted molar refractivity (Wildman–Crippen MR) is 79.6 cm³/mol. The number of nitrogens with zero attached hydrogens (tertiary/aromatic N) is 1. The third-order valence-corrected chi connectivity index (χ3v) is 4.43. The Morgan fingerprint density at radius 2 is 2.32 bits per heavy atom. The molecular weight excluding hydrogens is 313 g/mol. The van der Waals surface area contributed by atoms with Crippen molar-refractivity contribution in [2.75, 3.05) is 6.61 Å². The standard InChI is InChI=1S/C14H14FNO5S/c1-2-5-21-11-4-3-8(6-10(11)16(19)20)12-7-9(15)13(22-12)14(17)18/h3-4,6,12H,2,5,7H2,1H3,(H,17,18). The number of ether oxygens (including phenoxy) is 1. The van der Waals surface area contributed by atoms with Crippen LogP contribution in [0.15, 0.2) is 28.9 Å². The molecule has 1 unspecified atom stereocenters. The second kappa shape index (κ2) is 6.78. The number of aliphatic carboxylic acids is 1. The average molecular weight is 327 g/mol. The molecule has 1 aliphatic heterocycles. The fourth-order valence-electron chi connectivity index (χ4n) is 2.07. The van der Waals surface area contributed by atoms with Crippen LogP contribution in [0, 0.1) is 10.1 Å². The molecule has 118 valence electrons. The second-order valence-corrected chi connectivity index (χ2v) is 5.90. The fraction of sp³-hybridized carbons (Fsp3) is 0.357. The van der Waals surface area contributed by atoms with Crippen molar-refractivity contribution in [3.63, 3.8) is 0 Å². The van der Waals surface area contributed by atoms with Crippen LogP contribution in [0.4, 0.5) is 10.1 Å². The van der Waals surface area contributed by atoms with E-state index in [-0.39, 0.29) is 22.8 Å². The van der Waals surface area contributed by atoms with Crippen molar-refractivity contribution in [3.8, 4) is 5.75 Å². The minimum absolute atomic E-state index is 0.0847. The van der Waals surface area contributed by atoms with Crippen LogP contribution in [0.5, 0.6) is 5.75 Å². The number of nitro groups is 1. The SMILES string of the molecule is CCCOc1ccc(C2CC(F)=C(C(=O)O)S2)cc1[N+](=O)[O-]. The summed E-state index contributed by atoms with van der Waals surface area (Å²) in [7, 11) is 0. The molecule has 0 fully saturated rings. The zero-order valence-corrected chi connectivity index (χ0v) is 12.6. The molecule has 0 bridgehead atoms. The largest absolute Gasteiger partial charge is 0.487 e. The molecule has 6 nitrogen and oxygen atoms in total. The summed E-state index contributed by atoms with van der Waals surface area (Å²) in [4.78, 5) is 21.1. The zero-order valence-electron chi connectivity index (χ0n) is 11.7. The number of halogens is 1. The third-order valence-electron chi connectivity index (χ3n) is 3.08. The molecule has 8 heteroatoms. The van der Waals surface area contributed by atoms with Crippen LogP contribution in [0.25, 0.3) is 0 Å². The van der Waals surface area contributed by atoms with Crippen LogP contribution in [-0.4, -0.2) is 22.6 Å². The van der Waals surface area contributed by atoms with Crippen LogP contribution in [0.2, 0.25) is 0 Å². The molecule has 0 radical (unpaired) electrons. The lowest BCUT2D eigenvalue weighted by Crippen LogP contribution is -2.01. The number of nitro benzene ring substituents is 1. The maximum Gasteiger partial charge on any atom is 0.344 e. The molecule has 1 aromatic rings. The van der Waals surface area contributed by atoms with Crippen molar-refractivity contribution < 1.29 is 24.0 Å². The van der Waals surface area contributed by atoms with E-state index in [9.17, 15) is 19.3 Å². The van der Waals surface area contributed by atoms with Crippen LogP contribution < -0.4 is 4.74 Å². The highest BCUT2D eigenvalue weighted by atomic mass is 32.2. The molecule has 0 spiro atoms. The normalized spacial score (nSPS) is 17.6. The summed E-state index contributed by atoms with van der Waals surface area (Å²) in [5.41, 5.74) is 0.308. The minimum Gasteiger partial charge on any atom is -0.487 e. The number of carbonyl (C=O) groups is 1. The zero-order chi connectivity index (χ0) is 16.3. The van der Waals surface area contributed by atoms with Crippen molar-refractivity contribution in [1.29, 1.82) is 0 Å². The van der Waals surface area contributed by atoms with E-state index in [0.717, 1.165) is 11.8 Å². The Labute approximate surface area is 130 Å². The number of thioether (sulfide) groups is 1. The van der Waals surface area contributed by atoms with Crippen molar-refractivity contribution in [3.05, 3.63) is 44.6 Å². The van der Waals surface area contributed by atoms with Crippen molar-refractivity contribution in [1.82, 2.24) is 0 Å². The van der Waals surface area contributed by atoms with Gasteiger partial charge in [0, 0.05) is 17.7 Å². The van der Waals surface area contributed by atoms with Gasteiger partial charge in [0.25, 0.3) is 0 Å². The van der Waals surface area contributed by atoms with Gasteiger partial charge < -0.3 is 9.84 Å². The van der Waals surface area contributed by atoms with Gasteiger partial charge in [-0.25, -0.2) is 9.18 Å². The summed E-state index contributed by atoms with van der Waals surface area (Å²) in [6.07, 6.45) is 0.632. The van der Waals surface area contributed by atoms with Gasteiger partial charge in [-0.2, -0.15) is 0 Å². The van der Waals surface area contributed by atoms with Crippen molar-refractivity contribution in [2.45, 2.75) is 25.0 Å². The lowest BCUT2D eigenvalue weighted by molar-refractivity contribution is -0.385. The van der Waals surface area contributed by atoms with Gasteiger partial charge in [-0.15, -0.1) is 11.8 Å². The molecule has 0 saturated carbocycles. The summed E-state index contributed by atoms with van der Waals surface area (Å²) in [6.45, 7) is 2.24. The molecule has 0 aromatic heterocycles. The molecule has 1 aliphatic rings. The summed E-state index contributed by atoms with van der Waals surface area (Å²) in [5.74, 6) is -1.86. The molecule has 0 amide bonds. The Morgan fingerprint density at radius 1 is 1.59 bits per heavy atom. The van der Waals surface area contributed by atoms with Crippen molar-refractivity contribution >= 4 is 23.4 Å². The van der Waals surface area contributed by atoms with E-state index in [1.807, 2.05) is 6.92 Å². The Bertz CT molecular complexity index is 646. The topological polar surface area (TPSA) is 89.7 Å². The highest BCUT2D eigenvalue weighted by molar-refractivity contribution is 8.04. The van der Waals surface area contributed by atoms with Crippen LogP contribution in [0.1, 0.15) is 30.6 Å². The maximum atomic E-state index is 13.6. The van der Waals surface area contributed by atoms with Gasteiger partial charge in [0.1, 0.15) is 10.7 Å². The van der Waals surface area contributed by atoms with Gasteiger partial charge >= 0.3 is 11.7 Å². The van der Waals surface area contributed by atoms with E-state index in [1.54, 1.807) is 6.07 Å². The van der Waals surface area contributed by atoms with Gasteiger partial charge in [0.2, 0.25) is 0 Å². The Morgan fingerprint density at radius 3 is 2.86 bits per heavy atom. The molecule has 2 rings (SSSR count). The fourth-order valence-corrected chi connectivity index (χ4v) is 3.18. The molecule has 0 saturated heterocycles. The quantitative estimate of drug-likeness (QED) is 0.631. The van der Waals surface area contributed by atoms with Gasteiger partial charge in [-0.3, -0.25) is 10.1 Å². The number of benzene rings is 1. The highest BCUT2D eigenvalue weighted by Gasteiger charge is 2.32. The Balaban J connectivity index is 2.25. The van der Waals surface area contributed by atoms with Crippen LogP contribution >= 0.6 is 11.8 Å². The summed E-state index contributed by atoms with van der Waals surface area (Å²) < 4.78 is 18.9. The maximum absolute atomic E-state index is 13.6. The van der Waals surface area contributed by atoms with Crippen LogP contribution in [-0.2, 0) is 4.79 Å². The van der Waals surface area contributed by atoms with E-state index in [1.165, 1.54) is 12.1 Å². The Kier molecular flexibility index (Phi) is 5.02. The lowest BCUT2D eigenvalue weighted by atomic mass is 10.1. The third kappa shape index (κ3) is 3.38. The summed E-state index contributed by atoms with van der Waals surface area (Å²) >= 11 is 0.866. The molecule has 1 heterocycles.